The molecule has 160 valence electrons. The van der Waals surface area contributed by atoms with Gasteiger partial charge >= 0.3 is 6.18 Å². The lowest BCUT2D eigenvalue weighted by molar-refractivity contribution is -0.137. The zero-order valence-corrected chi connectivity index (χ0v) is 16.2. The van der Waals surface area contributed by atoms with Gasteiger partial charge in [0, 0.05) is 23.4 Å². The van der Waals surface area contributed by atoms with Gasteiger partial charge in [-0.3, -0.25) is 19.0 Å². The van der Waals surface area contributed by atoms with Gasteiger partial charge in [-0.2, -0.15) is 13.2 Å². The van der Waals surface area contributed by atoms with Gasteiger partial charge in [-0.05, 0) is 55.3 Å². The lowest BCUT2D eigenvalue weighted by Gasteiger charge is -2.22. The smallest absolute Gasteiger partial charge is 0.416 e. The summed E-state index contributed by atoms with van der Waals surface area (Å²) in [5, 5.41) is 2.57. The first-order valence-electron chi connectivity index (χ1n) is 9.56. The van der Waals surface area contributed by atoms with Crippen molar-refractivity contribution in [3.63, 3.8) is 0 Å². The number of hydrogen-bond donors (Lipinski definition) is 1. The van der Waals surface area contributed by atoms with Crippen molar-refractivity contribution in [1.82, 2.24) is 9.88 Å². The van der Waals surface area contributed by atoms with Gasteiger partial charge in [-0.1, -0.05) is 0 Å². The van der Waals surface area contributed by atoms with Gasteiger partial charge in [0.15, 0.2) is 5.78 Å². The van der Waals surface area contributed by atoms with Crippen LogP contribution in [0, 0.1) is 0 Å². The van der Waals surface area contributed by atoms with Gasteiger partial charge < -0.3 is 9.73 Å². The molecule has 9 heteroatoms. The first-order chi connectivity index (χ1) is 14.8. The largest absolute Gasteiger partial charge is 0.467 e. The molecule has 3 aromatic rings. The number of pyridine rings is 1. The highest BCUT2D eigenvalue weighted by Crippen LogP contribution is 2.30. The van der Waals surface area contributed by atoms with Gasteiger partial charge in [0.2, 0.25) is 0 Å². The first kappa shape index (κ1) is 20.6. The molecular weight excluding hydrogens is 413 g/mol. The highest BCUT2D eigenvalue weighted by Gasteiger charge is 2.31. The minimum absolute atomic E-state index is 0.0383. The predicted octanol–water partition coefficient (Wildman–Crippen LogP) is 3.90. The Balaban J connectivity index is 1.79. The Morgan fingerprint density at radius 1 is 1.10 bits per heavy atom. The van der Waals surface area contributed by atoms with Crippen molar-refractivity contribution in [2.75, 3.05) is 0 Å². The molecule has 6 nitrogen and oxygen atoms in total. The summed E-state index contributed by atoms with van der Waals surface area (Å²) in [6.45, 7) is 0.0383. The number of benzene rings is 1. The number of carbonyl (C=O) groups excluding carboxylic acids is 2. The van der Waals surface area contributed by atoms with Crippen LogP contribution in [0.15, 0.2) is 57.9 Å². The minimum Gasteiger partial charge on any atom is -0.467 e. The minimum atomic E-state index is -4.52. The van der Waals surface area contributed by atoms with Gasteiger partial charge in [0.25, 0.3) is 11.5 Å². The molecule has 1 aliphatic carbocycles. The summed E-state index contributed by atoms with van der Waals surface area (Å²) in [5.41, 5.74) is -1.05. The van der Waals surface area contributed by atoms with E-state index in [0.29, 0.717) is 24.3 Å². The number of rotatable bonds is 4. The molecule has 0 spiro atoms. The van der Waals surface area contributed by atoms with E-state index < -0.39 is 23.2 Å². The standard InChI is InChI=1S/C22H17F3N2O4/c23-22(24,25)13-6-8-14(9-7-13)27-18-4-1-5-19(28)16(18)11-17(21(27)30)20(29)26-12-15-3-2-10-31-15/h2-3,6-11H,1,4-5,12H2,(H,26,29). The molecule has 0 saturated carbocycles. The maximum Gasteiger partial charge on any atom is 0.416 e. The summed E-state index contributed by atoms with van der Waals surface area (Å²) in [7, 11) is 0. The molecule has 0 aliphatic heterocycles. The van der Waals surface area contributed by atoms with Crippen LogP contribution in [0.2, 0.25) is 0 Å². The summed E-state index contributed by atoms with van der Waals surface area (Å²) in [4.78, 5) is 38.3. The van der Waals surface area contributed by atoms with Crippen LogP contribution in [0.3, 0.4) is 0 Å². The fraction of sp³-hybridized carbons (Fsp3) is 0.227. The summed E-state index contributed by atoms with van der Waals surface area (Å²) in [6.07, 6.45) is -1.91. The monoisotopic (exact) mass is 430 g/mol. The Bertz CT molecular complexity index is 1190. The van der Waals surface area contributed by atoms with E-state index in [9.17, 15) is 27.6 Å². The predicted molar refractivity (Wildman–Crippen MR) is 104 cm³/mol. The number of amides is 1. The van der Waals surface area contributed by atoms with E-state index >= 15 is 0 Å². The van der Waals surface area contributed by atoms with Gasteiger partial charge in [0.05, 0.1) is 18.4 Å². The Morgan fingerprint density at radius 3 is 2.48 bits per heavy atom. The number of furan rings is 1. The number of aromatic nitrogens is 1. The van der Waals surface area contributed by atoms with E-state index in [1.165, 1.54) is 12.3 Å². The highest BCUT2D eigenvalue weighted by atomic mass is 19.4. The van der Waals surface area contributed by atoms with Gasteiger partial charge in [0.1, 0.15) is 11.3 Å². The maximum absolute atomic E-state index is 13.2. The summed E-state index contributed by atoms with van der Waals surface area (Å²) < 4.78 is 45.1. The second-order valence-electron chi connectivity index (χ2n) is 7.14. The Labute approximate surface area is 174 Å². The van der Waals surface area contributed by atoms with E-state index in [0.717, 1.165) is 28.8 Å². The van der Waals surface area contributed by atoms with E-state index in [1.807, 2.05) is 0 Å². The number of hydrogen-bond acceptors (Lipinski definition) is 4. The maximum atomic E-state index is 13.2. The van der Waals surface area contributed by atoms with Crippen molar-refractivity contribution < 1.29 is 27.2 Å². The molecular formula is C22H17F3N2O4. The van der Waals surface area contributed by atoms with Crippen LogP contribution >= 0.6 is 0 Å². The van der Waals surface area contributed by atoms with E-state index in [-0.39, 0.29) is 35.6 Å². The van der Waals surface area contributed by atoms with Gasteiger partial charge in [-0.25, -0.2) is 0 Å². The number of carbonyl (C=O) groups is 2. The lowest BCUT2D eigenvalue weighted by Crippen LogP contribution is -2.35. The number of nitrogens with zero attached hydrogens (tertiary/aromatic N) is 1. The normalized spacial score (nSPS) is 13.7. The number of ketones is 1. The number of Topliss-reactive ketones (excluding diaryl/α,β-unsaturated/α-hetero) is 1. The fourth-order valence-electron chi connectivity index (χ4n) is 3.60. The van der Waals surface area contributed by atoms with Crippen molar-refractivity contribution in [3.05, 3.63) is 87.2 Å². The quantitative estimate of drug-likeness (QED) is 0.681. The zero-order valence-electron chi connectivity index (χ0n) is 16.2. The van der Waals surface area contributed by atoms with Crippen LogP contribution in [-0.2, 0) is 19.1 Å². The van der Waals surface area contributed by atoms with E-state index in [4.69, 9.17) is 4.42 Å². The summed E-state index contributed by atoms with van der Waals surface area (Å²) in [6, 6.07) is 8.62. The number of fused-ring (bicyclic) bond motifs is 1. The molecule has 1 aliphatic rings. The van der Waals surface area contributed by atoms with E-state index in [1.54, 1.807) is 12.1 Å². The van der Waals surface area contributed by atoms with Crippen molar-refractivity contribution in [2.24, 2.45) is 0 Å². The van der Waals surface area contributed by atoms with Crippen molar-refractivity contribution >= 4 is 11.7 Å². The van der Waals surface area contributed by atoms with Crippen LogP contribution in [0.25, 0.3) is 5.69 Å². The number of nitrogens with one attached hydrogen (secondary N) is 1. The third kappa shape index (κ3) is 4.03. The third-order valence-corrected chi connectivity index (χ3v) is 5.12. The van der Waals surface area contributed by atoms with Crippen LogP contribution < -0.4 is 10.9 Å². The molecule has 31 heavy (non-hydrogen) atoms. The number of halogens is 3. The molecule has 0 fully saturated rings. The van der Waals surface area contributed by atoms with Crippen LogP contribution in [0.5, 0.6) is 0 Å². The lowest BCUT2D eigenvalue weighted by atomic mass is 9.92. The fourth-order valence-corrected chi connectivity index (χ4v) is 3.60. The summed E-state index contributed by atoms with van der Waals surface area (Å²) in [5.74, 6) is -0.448. The molecule has 0 atom stereocenters. The Kier molecular flexibility index (Phi) is 5.26. The third-order valence-electron chi connectivity index (χ3n) is 5.12. The molecule has 1 N–H and O–H groups in total. The van der Waals surface area contributed by atoms with Crippen LogP contribution in [0.1, 0.15) is 50.6 Å². The van der Waals surface area contributed by atoms with Crippen LogP contribution in [-0.4, -0.2) is 16.3 Å². The van der Waals surface area contributed by atoms with Gasteiger partial charge in [-0.15, -0.1) is 0 Å². The SMILES string of the molecule is O=C1CCCc2c1cc(C(=O)NCc1ccco1)c(=O)n2-c1ccc(C(F)(F)F)cc1. The average molecular weight is 430 g/mol. The zero-order chi connectivity index (χ0) is 22.2. The molecule has 1 amide bonds. The Morgan fingerprint density at radius 2 is 1.84 bits per heavy atom. The molecule has 0 bridgehead atoms. The molecule has 0 radical (unpaired) electrons. The van der Waals surface area contributed by atoms with Crippen molar-refractivity contribution in [3.8, 4) is 5.69 Å². The van der Waals surface area contributed by atoms with Crippen LogP contribution in [0.4, 0.5) is 13.2 Å². The Hall–Kier alpha value is -3.62. The summed E-state index contributed by atoms with van der Waals surface area (Å²) >= 11 is 0. The van der Waals surface area contributed by atoms with Crippen molar-refractivity contribution in [2.45, 2.75) is 32.0 Å². The second kappa shape index (κ2) is 7.90. The highest BCUT2D eigenvalue weighted by molar-refractivity contribution is 6.01. The molecule has 2 heterocycles. The first-order valence-corrected chi connectivity index (χ1v) is 9.56. The molecule has 4 rings (SSSR count). The molecule has 1 aromatic carbocycles. The topological polar surface area (TPSA) is 81.3 Å². The van der Waals surface area contributed by atoms with E-state index in [2.05, 4.69) is 5.32 Å². The molecule has 0 unspecified atom stereocenters. The number of alkyl halides is 3. The molecule has 0 saturated heterocycles. The second-order valence-corrected chi connectivity index (χ2v) is 7.14. The average Bonchev–Trinajstić information content (AvgIpc) is 3.25. The molecule has 2 aromatic heterocycles. The van der Waals surface area contributed by atoms with Crippen molar-refractivity contribution in [1.29, 1.82) is 0 Å².